The van der Waals surface area contributed by atoms with Gasteiger partial charge in [0.25, 0.3) is 0 Å². The van der Waals surface area contributed by atoms with Gasteiger partial charge in [0.15, 0.2) is 0 Å². The third kappa shape index (κ3) is 3.91. The number of carbonyl (C=O) groups is 2. The summed E-state index contributed by atoms with van der Waals surface area (Å²) >= 11 is 0. The molecule has 1 aromatic heterocycles. The molecule has 3 rings (SSSR count). The summed E-state index contributed by atoms with van der Waals surface area (Å²) in [7, 11) is 0. The Bertz CT molecular complexity index is 934. The second-order valence-corrected chi connectivity index (χ2v) is 7.72. The van der Waals surface area contributed by atoms with E-state index in [1.54, 1.807) is 26.8 Å². The van der Waals surface area contributed by atoms with Crippen LogP contribution in [0.2, 0.25) is 0 Å². The molecule has 2 unspecified atom stereocenters. The molecule has 0 radical (unpaired) electrons. The maximum absolute atomic E-state index is 12.1. The van der Waals surface area contributed by atoms with E-state index in [1.807, 2.05) is 6.07 Å². The highest BCUT2D eigenvalue weighted by atomic mass is 16.6. The Morgan fingerprint density at radius 2 is 2.15 bits per heavy atom. The molecule has 0 fully saturated rings. The number of hydrogen-bond acceptors (Lipinski definition) is 6. The number of rotatable bonds is 3. The van der Waals surface area contributed by atoms with Crippen LogP contribution >= 0.6 is 0 Å². The number of aromatic nitrogens is 2. The summed E-state index contributed by atoms with van der Waals surface area (Å²) in [6, 6.07) is 5.59. The molecule has 7 heteroatoms. The molecule has 2 aromatic rings. The van der Waals surface area contributed by atoms with Crippen molar-refractivity contribution in [2.75, 3.05) is 0 Å². The first kappa shape index (κ1) is 18.8. The maximum Gasteiger partial charge on any atom is 0.435 e. The van der Waals surface area contributed by atoms with Crippen molar-refractivity contribution in [3.63, 3.8) is 0 Å². The lowest BCUT2D eigenvalue weighted by molar-refractivity contribution is -0.110. The number of fused-ring (bicyclic) bond motifs is 1. The number of benzene rings is 1. The van der Waals surface area contributed by atoms with E-state index in [0.29, 0.717) is 29.5 Å². The van der Waals surface area contributed by atoms with Crippen molar-refractivity contribution in [1.29, 1.82) is 5.26 Å². The van der Waals surface area contributed by atoms with Gasteiger partial charge in [0.05, 0.1) is 17.8 Å². The summed E-state index contributed by atoms with van der Waals surface area (Å²) < 4.78 is 6.28. The van der Waals surface area contributed by atoms with Crippen LogP contribution in [0.1, 0.15) is 54.7 Å². The lowest BCUT2D eigenvalue weighted by Gasteiger charge is -2.18. The third-order valence-electron chi connectivity index (χ3n) is 4.44. The Morgan fingerprint density at radius 3 is 2.78 bits per heavy atom. The molecule has 1 heterocycles. The molecule has 7 nitrogen and oxygen atoms in total. The Labute approximate surface area is 157 Å². The van der Waals surface area contributed by atoms with Crippen molar-refractivity contribution in [2.45, 2.75) is 45.3 Å². The highest BCUT2D eigenvalue weighted by Gasteiger charge is 2.26. The minimum Gasteiger partial charge on any atom is -0.442 e. The van der Waals surface area contributed by atoms with Gasteiger partial charge in [-0.25, -0.2) is 4.79 Å². The predicted molar refractivity (Wildman–Crippen MR) is 96.0 cm³/mol. The molecule has 27 heavy (non-hydrogen) atoms. The van der Waals surface area contributed by atoms with Crippen molar-refractivity contribution in [2.24, 2.45) is 5.92 Å². The number of aliphatic hydroxyl groups is 1. The van der Waals surface area contributed by atoms with Gasteiger partial charge in [-0.05, 0) is 56.4 Å². The second-order valence-electron chi connectivity index (χ2n) is 7.72. The number of aldehydes is 1. The largest absolute Gasteiger partial charge is 0.442 e. The SMILES string of the molecule is CC(C)(C)OC(=O)n1cc(C(O)c2cc(C#N)c3c(c2)CC(C=O)C3)cn1. The smallest absolute Gasteiger partial charge is 0.435 e. The molecule has 0 saturated carbocycles. The van der Waals surface area contributed by atoms with Crippen LogP contribution in [-0.2, 0) is 22.4 Å². The van der Waals surface area contributed by atoms with Crippen LogP contribution in [-0.4, -0.2) is 32.9 Å². The molecular weight excluding hydrogens is 346 g/mol. The number of nitriles is 1. The van der Waals surface area contributed by atoms with Crippen LogP contribution in [0.4, 0.5) is 4.79 Å². The van der Waals surface area contributed by atoms with Gasteiger partial charge in [0.1, 0.15) is 18.0 Å². The van der Waals surface area contributed by atoms with Crippen molar-refractivity contribution in [1.82, 2.24) is 9.78 Å². The normalized spacial score (nSPS) is 17.1. The fourth-order valence-electron chi connectivity index (χ4n) is 3.23. The predicted octanol–water partition coefficient (Wildman–Crippen LogP) is 2.53. The molecule has 1 aliphatic rings. The summed E-state index contributed by atoms with van der Waals surface area (Å²) in [6.07, 6.45) is 3.13. The van der Waals surface area contributed by atoms with Crippen LogP contribution in [0.5, 0.6) is 0 Å². The molecule has 0 bridgehead atoms. The molecule has 0 amide bonds. The Morgan fingerprint density at radius 1 is 1.41 bits per heavy atom. The zero-order valence-electron chi connectivity index (χ0n) is 15.5. The number of carbonyl (C=O) groups excluding carboxylic acids is 2. The molecule has 1 aliphatic carbocycles. The highest BCUT2D eigenvalue weighted by molar-refractivity contribution is 5.70. The van der Waals surface area contributed by atoms with E-state index in [0.717, 1.165) is 22.1 Å². The van der Waals surface area contributed by atoms with E-state index >= 15 is 0 Å². The quantitative estimate of drug-likeness (QED) is 0.836. The van der Waals surface area contributed by atoms with Crippen LogP contribution in [0.15, 0.2) is 24.5 Å². The van der Waals surface area contributed by atoms with Gasteiger partial charge in [-0.2, -0.15) is 15.0 Å². The minimum absolute atomic E-state index is 0.130. The zero-order valence-corrected chi connectivity index (χ0v) is 15.5. The highest BCUT2D eigenvalue weighted by Crippen LogP contribution is 2.33. The van der Waals surface area contributed by atoms with Crippen LogP contribution in [0.3, 0.4) is 0 Å². The average molecular weight is 367 g/mol. The van der Waals surface area contributed by atoms with E-state index in [9.17, 15) is 20.0 Å². The Kier molecular flexibility index (Phi) is 4.85. The maximum atomic E-state index is 12.1. The Hall–Kier alpha value is -2.98. The minimum atomic E-state index is -1.05. The first-order valence-corrected chi connectivity index (χ1v) is 8.69. The van der Waals surface area contributed by atoms with Crippen molar-refractivity contribution >= 4 is 12.4 Å². The molecule has 0 spiro atoms. The van der Waals surface area contributed by atoms with Crippen LogP contribution in [0.25, 0.3) is 0 Å². The zero-order chi connectivity index (χ0) is 19.8. The van der Waals surface area contributed by atoms with Gasteiger partial charge in [-0.15, -0.1) is 0 Å². The first-order valence-electron chi connectivity index (χ1n) is 8.69. The molecule has 1 aromatic carbocycles. The van der Waals surface area contributed by atoms with Crippen LogP contribution < -0.4 is 0 Å². The standard InChI is InChI=1S/C20H21N3O4/c1-20(2,3)27-19(26)23-10-16(9-22-23)18(25)14-6-13-4-12(11-24)5-17(13)15(7-14)8-21/h6-7,9-12,18,25H,4-5H2,1-3H3. The molecule has 0 aliphatic heterocycles. The molecular formula is C20H21N3O4. The first-order chi connectivity index (χ1) is 12.7. The number of hydrogen-bond donors (Lipinski definition) is 1. The van der Waals surface area contributed by atoms with Gasteiger partial charge in [-0.1, -0.05) is 6.07 Å². The van der Waals surface area contributed by atoms with Gasteiger partial charge in [0.2, 0.25) is 0 Å². The molecule has 0 saturated heterocycles. The number of aliphatic hydroxyl groups excluding tert-OH is 1. The fraction of sp³-hybridized carbons (Fsp3) is 0.400. The monoisotopic (exact) mass is 367 g/mol. The van der Waals surface area contributed by atoms with Gasteiger partial charge in [0, 0.05) is 17.7 Å². The van der Waals surface area contributed by atoms with E-state index in [2.05, 4.69) is 11.2 Å². The van der Waals surface area contributed by atoms with E-state index in [4.69, 9.17) is 4.74 Å². The lowest BCUT2D eigenvalue weighted by Crippen LogP contribution is -2.27. The van der Waals surface area contributed by atoms with Crippen molar-refractivity contribution < 1.29 is 19.4 Å². The summed E-state index contributed by atoms with van der Waals surface area (Å²) in [5.74, 6) is -0.130. The van der Waals surface area contributed by atoms with Gasteiger partial charge >= 0.3 is 6.09 Å². The van der Waals surface area contributed by atoms with Gasteiger partial charge < -0.3 is 14.6 Å². The second kappa shape index (κ2) is 6.97. The topological polar surface area (TPSA) is 105 Å². The fourth-order valence-corrected chi connectivity index (χ4v) is 3.23. The summed E-state index contributed by atoms with van der Waals surface area (Å²) in [4.78, 5) is 23.2. The summed E-state index contributed by atoms with van der Waals surface area (Å²) in [5, 5.41) is 24.1. The van der Waals surface area contributed by atoms with E-state index in [-0.39, 0.29) is 5.92 Å². The number of nitrogens with zero attached hydrogens (tertiary/aromatic N) is 3. The summed E-state index contributed by atoms with van der Waals surface area (Å²) in [5.41, 5.74) is 2.52. The van der Waals surface area contributed by atoms with Gasteiger partial charge in [-0.3, -0.25) is 0 Å². The van der Waals surface area contributed by atoms with Crippen molar-refractivity contribution in [3.05, 3.63) is 52.3 Å². The van der Waals surface area contributed by atoms with E-state index < -0.39 is 17.8 Å². The van der Waals surface area contributed by atoms with Crippen LogP contribution in [0, 0.1) is 17.2 Å². The summed E-state index contributed by atoms with van der Waals surface area (Å²) in [6.45, 7) is 5.26. The molecule has 140 valence electrons. The average Bonchev–Trinajstić information content (AvgIpc) is 3.25. The number of ether oxygens (including phenoxy) is 1. The molecule has 1 N–H and O–H groups in total. The third-order valence-corrected chi connectivity index (χ3v) is 4.44. The van der Waals surface area contributed by atoms with E-state index in [1.165, 1.54) is 12.4 Å². The Balaban J connectivity index is 1.87. The molecule has 2 atom stereocenters. The van der Waals surface area contributed by atoms with Crippen molar-refractivity contribution in [3.8, 4) is 6.07 Å². The lowest BCUT2D eigenvalue weighted by atomic mass is 9.96.